The lowest BCUT2D eigenvalue weighted by molar-refractivity contribution is -0.0595. The van der Waals surface area contributed by atoms with Gasteiger partial charge < -0.3 is 10.1 Å². The first-order valence-electron chi connectivity index (χ1n) is 7.15. The number of aromatic nitrogens is 2. The highest BCUT2D eigenvalue weighted by atomic mass is 32.1. The molecule has 6 heteroatoms. The van der Waals surface area contributed by atoms with Crippen molar-refractivity contribution in [3.05, 3.63) is 5.69 Å². The number of ether oxygens (including phenoxy) is 1. The third kappa shape index (κ3) is 3.87. The molecule has 1 fully saturated rings. The molecule has 1 aliphatic rings. The monoisotopic (exact) mass is 284 g/mol. The molecule has 1 saturated heterocycles. The largest absolute Gasteiger partial charge is 0.376 e. The number of nitrogens with one attached hydrogen (secondary N) is 1. The highest BCUT2D eigenvalue weighted by Gasteiger charge is 2.26. The van der Waals surface area contributed by atoms with Crippen molar-refractivity contribution in [2.75, 3.05) is 25.0 Å². The normalized spacial score (nSPS) is 24.6. The molecule has 2 rings (SSSR count). The maximum absolute atomic E-state index is 5.74. The minimum absolute atomic E-state index is 0.307. The van der Waals surface area contributed by atoms with E-state index in [9.17, 15) is 0 Å². The van der Waals surface area contributed by atoms with Crippen LogP contribution in [0.4, 0.5) is 5.00 Å². The number of rotatable bonds is 6. The summed E-state index contributed by atoms with van der Waals surface area (Å²) < 4.78 is 9.82. The second-order valence-corrected chi connectivity index (χ2v) is 5.87. The summed E-state index contributed by atoms with van der Waals surface area (Å²) in [6.07, 6.45) is 2.53. The molecule has 1 aromatic heterocycles. The van der Waals surface area contributed by atoms with E-state index in [2.05, 4.69) is 40.6 Å². The molecule has 0 aromatic carbocycles. The minimum Gasteiger partial charge on any atom is -0.376 e. The average Bonchev–Trinajstić information content (AvgIpc) is 2.84. The van der Waals surface area contributed by atoms with E-state index in [1.807, 2.05) is 0 Å². The van der Waals surface area contributed by atoms with Gasteiger partial charge in [0.2, 0.25) is 0 Å². The zero-order valence-electron chi connectivity index (χ0n) is 12.1. The quantitative estimate of drug-likeness (QED) is 0.869. The van der Waals surface area contributed by atoms with E-state index in [1.165, 1.54) is 11.5 Å². The molecule has 2 atom stereocenters. The molecular weight excluding hydrogens is 260 g/mol. The van der Waals surface area contributed by atoms with Crippen LogP contribution < -0.4 is 5.32 Å². The summed E-state index contributed by atoms with van der Waals surface area (Å²) >= 11 is 1.46. The first-order chi connectivity index (χ1) is 9.24. The summed E-state index contributed by atoms with van der Waals surface area (Å²) in [5.74, 6) is 0. The van der Waals surface area contributed by atoms with E-state index in [4.69, 9.17) is 4.74 Å². The van der Waals surface area contributed by atoms with Crippen molar-refractivity contribution in [1.82, 2.24) is 14.5 Å². The van der Waals surface area contributed by atoms with Gasteiger partial charge in [-0.25, -0.2) is 0 Å². The summed E-state index contributed by atoms with van der Waals surface area (Å²) in [4.78, 5) is 2.47. The third-order valence-corrected chi connectivity index (χ3v) is 4.22. The van der Waals surface area contributed by atoms with Gasteiger partial charge in [-0.1, -0.05) is 18.3 Å². The van der Waals surface area contributed by atoms with Gasteiger partial charge in [0.25, 0.3) is 0 Å². The molecule has 5 nitrogen and oxygen atoms in total. The zero-order valence-corrected chi connectivity index (χ0v) is 12.9. The van der Waals surface area contributed by atoms with Crippen molar-refractivity contribution in [2.45, 2.75) is 52.3 Å². The highest BCUT2D eigenvalue weighted by Crippen LogP contribution is 2.23. The van der Waals surface area contributed by atoms with Gasteiger partial charge in [-0.2, -0.15) is 0 Å². The molecule has 0 amide bonds. The molecule has 0 spiro atoms. The Morgan fingerprint density at radius 1 is 1.47 bits per heavy atom. The summed E-state index contributed by atoms with van der Waals surface area (Å²) in [6, 6.07) is 0.497. The van der Waals surface area contributed by atoms with Crippen molar-refractivity contribution in [1.29, 1.82) is 0 Å². The van der Waals surface area contributed by atoms with Gasteiger partial charge in [0.1, 0.15) is 10.7 Å². The van der Waals surface area contributed by atoms with Crippen LogP contribution in [0.3, 0.4) is 0 Å². The Bertz CT molecular complexity index is 384. The Hall–Kier alpha value is -0.720. The van der Waals surface area contributed by atoms with Gasteiger partial charge >= 0.3 is 0 Å². The second kappa shape index (κ2) is 7.17. The van der Waals surface area contributed by atoms with Crippen LogP contribution >= 0.6 is 11.5 Å². The van der Waals surface area contributed by atoms with Gasteiger partial charge in [0, 0.05) is 37.2 Å². The van der Waals surface area contributed by atoms with Gasteiger partial charge in [-0.3, -0.25) is 4.90 Å². The highest BCUT2D eigenvalue weighted by molar-refractivity contribution is 7.10. The van der Waals surface area contributed by atoms with Crippen molar-refractivity contribution in [3.63, 3.8) is 0 Å². The van der Waals surface area contributed by atoms with Crippen LogP contribution in [0.25, 0.3) is 0 Å². The van der Waals surface area contributed by atoms with Crippen LogP contribution in [0.2, 0.25) is 0 Å². The topological polar surface area (TPSA) is 50.3 Å². The maximum Gasteiger partial charge on any atom is 0.134 e. The van der Waals surface area contributed by atoms with Crippen LogP contribution in [0, 0.1) is 0 Å². The van der Waals surface area contributed by atoms with Crippen molar-refractivity contribution in [3.8, 4) is 0 Å². The third-order valence-electron chi connectivity index (χ3n) is 3.50. The van der Waals surface area contributed by atoms with Gasteiger partial charge in [-0.15, -0.1) is 5.10 Å². The molecule has 108 valence electrons. The van der Waals surface area contributed by atoms with Crippen molar-refractivity contribution in [2.24, 2.45) is 0 Å². The second-order valence-electron chi connectivity index (χ2n) is 5.11. The number of hydrogen-bond acceptors (Lipinski definition) is 6. The summed E-state index contributed by atoms with van der Waals surface area (Å²) in [5, 5.41) is 8.81. The predicted octanol–water partition coefficient (Wildman–Crippen LogP) is 2.36. The lowest BCUT2D eigenvalue weighted by Gasteiger charge is -2.37. The van der Waals surface area contributed by atoms with Crippen molar-refractivity contribution >= 4 is 16.5 Å². The Morgan fingerprint density at radius 2 is 2.32 bits per heavy atom. The van der Waals surface area contributed by atoms with E-state index < -0.39 is 0 Å². The van der Waals surface area contributed by atoms with Gasteiger partial charge in [-0.05, 0) is 19.8 Å². The molecule has 1 aliphatic heterocycles. The molecule has 1 N–H and O–H groups in total. The molecule has 0 radical (unpaired) electrons. The predicted molar refractivity (Wildman–Crippen MR) is 78.6 cm³/mol. The molecule has 19 heavy (non-hydrogen) atoms. The van der Waals surface area contributed by atoms with Crippen LogP contribution in [0.5, 0.6) is 0 Å². The lowest BCUT2D eigenvalue weighted by atomic mass is 10.1. The fourth-order valence-electron chi connectivity index (χ4n) is 2.36. The number of nitrogens with zero attached hydrogens (tertiary/aromatic N) is 3. The number of morpholine rings is 1. The maximum atomic E-state index is 5.74. The molecular formula is C13H24N4OS. The van der Waals surface area contributed by atoms with E-state index in [0.717, 1.165) is 49.8 Å². The summed E-state index contributed by atoms with van der Waals surface area (Å²) in [6.45, 7) is 10.2. The number of hydrogen-bond donors (Lipinski definition) is 1. The molecule has 1 aromatic rings. The van der Waals surface area contributed by atoms with Gasteiger partial charge in [0.05, 0.1) is 12.7 Å². The van der Waals surface area contributed by atoms with Crippen molar-refractivity contribution < 1.29 is 4.74 Å². The van der Waals surface area contributed by atoms with Crippen LogP contribution in [0.15, 0.2) is 0 Å². The Balaban J connectivity index is 2.00. The average molecular weight is 284 g/mol. The fourth-order valence-corrected chi connectivity index (χ4v) is 2.96. The molecule has 0 bridgehead atoms. The standard InChI is InChI=1S/C13H24N4OS/c1-4-6-14-13-12(15-16-19-13)8-17-7-10(3)18-9-11(17)5-2/h10-11,14H,4-9H2,1-3H3. The minimum atomic E-state index is 0.307. The van der Waals surface area contributed by atoms with E-state index in [-0.39, 0.29) is 0 Å². The SMILES string of the molecule is CCCNc1snnc1CN1CC(C)OCC1CC. The summed E-state index contributed by atoms with van der Waals surface area (Å²) in [7, 11) is 0. The number of anilines is 1. The molecule has 0 aliphatic carbocycles. The van der Waals surface area contributed by atoms with E-state index in [1.54, 1.807) is 0 Å². The first kappa shape index (κ1) is 14.7. The first-order valence-corrected chi connectivity index (χ1v) is 7.92. The smallest absolute Gasteiger partial charge is 0.134 e. The lowest BCUT2D eigenvalue weighted by Crippen LogP contribution is -2.48. The molecule has 2 unspecified atom stereocenters. The Morgan fingerprint density at radius 3 is 3.05 bits per heavy atom. The van der Waals surface area contributed by atoms with E-state index >= 15 is 0 Å². The van der Waals surface area contributed by atoms with E-state index in [0.29, 0.717) is 12.1 Å². The summed E-state index contributed by atoms with van der Waals surface area (Å²) in [5.41, 5.74) is 1.08. The Kier molecular flexibility index (Phi) is 5.54. The Labute approximate surface area is 119 Å². The van der Waals surface area contributed by atoms with Gasteiger partial charge in [0.15, 0.2) is 0 Å². The van der Waals surface area contributed by atoms with Crippen LogP contribution in [-0.2, 0) is 11.3 Å². The zero-order chi connectivity index (χ0) is 13.7. The fraction of sp³-hybridized carbons (Fsp3) is 0.846. The molecule has 2 heterocycles. The van der Waals surface area contributed by atoms with Crippen LogP contribution in [0.1, 0.15) is 39.3 Å². The van der Waals surface area contributed by atoms with Crippen LogP contribution in [-0.4, -0.2) is 46.3 Å². The molecule has 0 saturated carbocycles.